The molecule has 1 aromatic rings. The number of amides is 1. The minimum absolute atomic E-state index is 0.264. The van der Waals surface area contributed by atoms with Gasteiger partial charge in [-0.1, -0.05) is 0 Å². The Balaban J connectivity index is 3.62. The normalized spacial score (nSPS) is 11.2. The molecule has 0 spiro atoms. The van der Waals surface area contributed by atoms with Gasteiger partial charge in [0, 0.05) is 13.1 Å². The molecular formula is C15H14FN3O4. The minimum atomic E-state index is -1.35. The van der Waals surface area contributed by atoms with E-state index in [0.29, 0.717) is 6.07 Å². The van der Waals surface area contributed by atoms with Gasteiger partial charge in [0.25, 0.3) is 5.91 Å². The summed E-state index contributed by atoms with van der Waals surface area (Å²) in [4.78, 5) is 13.4. The zero-order valence-electron chi connectivity index (χ0n) is 12.5. The van der Waals surface area contributed by atoms with Gasteiger partial charge in [-0.25, -0.2) is 4.39 Å². The SMILES string of the molecule is CCN(CC)C(=O)/C(C#N)=C(\O)c1cc(O)c(O)c(C#N)c1F. The lowest BCUT2D eigenvalue weighted by Gasteiger charge is -2.18. The fourth-order valence-corrected chi connectivity index (χ4v) is 1.92. The number of halogens is 1. The monoisotopic (exact) mass is 319 g/mol. The third-order valence-corrected chi connectivity index (χ3v) is 3.20. The van der Waals surface area contributed by atoms with Gasteiger partial charge < -0.3 is 20.2 Å². The third-order valence-electron chi connectivity index (χ3n) is 3.20. The van der Waals surface area contributed by atoms with E-state index >= 15 is 0 Å². The molecule has 0 bridgehead atoms. The number of nitriles is 2. The van der Waals surface area contributed by atoms with Crippen molar-refractivity contribution in [3.05, 3.63) is 28.6 Å². The molecule has 0 aromatic heterocycles. The summed E-state index contributed by atoms with van der Waals surface area (Å²) in [5.41, 5.74) is -2.37. The Morgan fingerprint density at radius 1 is 1.30 bits per heavy atom. The number of aliphatic hydroxyl groups is 1. The van der Waals surface area contributed by atoms with E-state index in [4.69, 9.17) is 10.5 Å². The van der Waals surface area contributed by atoms with E-state index in [1.165, 1.54) is 17.0 Å². The van der Waals surface area contributed by atoms with Crippen LogP contribution in [0.25, 0.3) is 5.76 Å². The van der Waals surface area contributed by atoms with Gasteiger partial charge in [-0.3, -0.25) is 4.79 Å². The van der Waals surface area contributed by atoms with Gasteiger partial charge in [-0.2, -0.15) is 10.5 Å². The van der Waals surface area contributed by atoms with Crippen LogP contribution < -0.4 is 0 Å². The quantitative estimate of drug-likeness (QED) is 0.336. The molecule has 1 aromatic carbocycles. The van der Waals surface area contributed by atoms with Crippen LogP contribution in [0.2, 0.25) is 0 Å². The molecule has 0 aliphatic heterocycles. The largest absolute Gasteiger partial charge is 0.506 e. The van der Waals surface area contributed by atoms with E-state index in [2.05, 4.69) is 0 Å². The first kappa shape index (κ1) is 17.8. The minimum Gasteiger partial charge on any atom is -0.506 e. The summed E-state index contributed by atoms with van der Waals surface area (Å²) in [7, 11) is 0. The van der Waals surface area contributed by atoms with E-state index in [-0.39, 0.29) is 13.1 Å². The molecule has 0 fully saturated rings. The van der Waals surface area contributed by atoms with Crippen LogP contribution in [-0.2, 0) is 4.79 Å². The number of hydrogen-bond donors (Lipinski definition) is 3. The highest BCUT2D eigenvalue weighted by Crippen LogP contribution is 2.35. The molecular weight excluding hydrogens is 305 g/mol. The summed E-state index contributed by atoms with van der Waals surface area (Å²) in [5, 5.41) is 46.9. The second-order valence-electron chi connectivity index (χ2n) is 4.41. The number of benzene rings is 1. The number of aromatic hydroxyl groups is 2. The smallest absolute Gasteiger partial charge is 0.268 e. The van der Waals surface area contributed by atoms with Crippen molar-refractivity contribution in [3.63, 3.8) is 0 Å². The average Bonchev–Trinajstić information content (AvgIpc) is 2.53. The van der Waals surface area contributed by atoms with Gasteiger partial charge in [-0.15, -0.1) is 0 Å². The Kier molecular flexibility index (Phi) is 5.52. The van der Waals surface area contributed by atoms with Crippen LogP contribution in [0.3, 0.4) is 0 Å². The van der Waals surface area contributed by atoms with Gasteiger partial charge in [0.05, 0.1) is 5.56 Å². The fourth-order valence-electron chi connectivity index (χ4n) is 1.92. The number of carbonyl (C=O) groups excluding carboxylic acids is 1. The average molecular weight is 319 g/mol. The first-order chi connectivity index (χ1) is 10.8. The van der Waals surface area contributed by atoms with Gasteiger partial charge >= 0.3 is 0 Å². The van der Waals surface area contributed by atoms with Crippen LogP contribution in [0.5, 0.6) is 11.5 Å². The number of rotatable bonds is 4. The van der Waals surface area contributed by atoms with Crippen molar-refractivity contribution in [2.75, 3.05) is 13.1 Å². The van der Waals surface area contributed by atoms with Crippen molar-refractivity contribution >= 4 is 11.7 Å². The molecule has 8 heteroatoms. The lowest BCUT2D eigenvalue weighted by molar-refractivity contribution is -0.126. The molecule has 0 aliphatic carbocycles. The summed E-state index contributed by atoms with van der Waals surface area (Å²) < 4.78 is 14.2. The van der Waals surface area contributed by atoms with Crippen molar-refractivity contribution in [1.29, 1.82) is 10.5 Å². The van der Waals surface area contributed by atoms with Gasteiger partial charge in [0.15, 0.2) is 22.9 Å². The van der Waals surface area contributed by atoms with Crippen molar-refractivity contribution in [2.24, 2.45) is 0 Å². The van der Waals surface area contributed by atoms with Crippen LogP contribution in [0, 0.1) is 28.5 Å². The number of aliphatic hydroxyl groups excluding tert-OH is 1. The first-order valence-electron chi connectivity index (χ1n) is 6.61. The predicted octanol–water partition coefficient (Wildman–Crippen LogP) is 1.77. The van der Waals surface area contributed by atoms with Crippen molar-refractivity contribution in [2.45, 2.75) is 13.8 Å². The molecule has 3 N–H and O–H groups in total. The lowest BCUT2D eigenvalue weighted by atomic mass is 10.0. The van der Waals surface area contributed by atoms with Crippen LogP contribution in [0.15, 0.2) is 11.6 Å². The van der Waals surface area contributed by atoms with Crippen LogP contribution in [0.1, 0.15) is 25.0 Å². The van der Waals surface area contributed by atoms with E-state index in [9.17, 15) is 24.5 Å². The summed E-state index contributed by atoms with van der Waals surface area (Å²) in [6, 6.07) is 3.46. The number of likely N-dealkylation sites (N-methyl/N-ethyl adjacent to an activating group) is 1. The standard InChI is InChI=1S/C15H14FN3O4/c1-3-19(4-2)15(23)10(7-18)13(21)8-5-11(20)14(22)9(6-17)12(8)16/h5,20-22H,3-4H2,1-2H3/b13-10-. The fraction of sp³-hybridized carbons (Fsp3) is 0.267. The predicted molar refractivity (Wildman–Crippen MR) is 77.5 cm³/mol. The summed E-state index contributed by atoms with van der Waals surface area (Å²) >= 11 is 0. The number of phenols is 2. The summed E-state index contributed by atoms with van der Waals surface area (Å²) in [6.45, 7) is 3.85. The molecule has 0 atom stereocenters. The maximum atomic E-state index is 14.2. The molecule has 120 valence electrons. The summed E-state index contributed by atoms with van der Waals surface area (Å²) in [5.74, 6) is -5.04. The first-order valence-corrected chi connectivity index (χ1v) is 6.61. The Labute approximate surface area is 131 Å². The second kappa shape index (κ2) is 7.14. The Bertz CT molecular complexity index is 755. The zero-order valence-corrected chi connectivity index (χ0v) is 12.5. The molecule has 0 aliphatic rings. The highest BCUT2D eigenvalue weighted by atomic mass is 19.1. The Morgan fingerprint density at radius 3 is 2.30 bits per heavy atom. The van der Waals surface area contributed by atoms with Gasteiger partial charge in [0.1, 0.15) is 23.5 Å². The zero-order chi connectivity index (χ0) is 17.7. The molecule has 0 saturated heterocycles. The van der Waals surface area contributed by atoms with E-state index in [1.807, 2.05) is 0 Å². The molecule has 1 amide bonds. The highest BCUT2D eigenvalue weighted by Gasteiger charge is 2.26. The van der Waals surface area contributed by atoms with Crippen LogP contribution in [0.4, 0.5) is 4.39 Å². The Hall–Kier alpha value is -3.26. The van der Waals surface area contributed by atoms with Crippen molar-refractivity contribution in [1.82, 2.24) is 4.90 Å². The van der Waals surface area contributed by atoms with Gasteiger partial charge in [0.2, 0.25) is 0 Å². The molecule has 0 unspecified atom stereocenters. The maximum Gasteiger partial charge on any atom is 0.268 e. The second-order valence-corrected chi connectivity index (χ2v) is 4.41. The van der Waals surface area contributed by atoms with Crippen LogP contribution >= 0.6 is 0 Å². The van der Waals surface area contributed by atoms with Crippen molar-refractivity contribution < 1.29 is 24.5 Å². The van der Waals surface area contributed by atoms with E-state index in [0.717, 1.165) is 0 Å². The molecule has 0 saturated carbocycles. The highest BCUT2D eigenvalue weighted by molar-refractivity contribution is 6.03. The molecule has 1 rings (SSSR count). The molecule has 0 radical (unpaired) electrons. The Morgan fingerprint density at radius 2 is 1.87 bits per heavy atom. The maximum absolute atomic E-state index is 14.2. The number of phenolic OH excluding ortho intramolecular Hbond substituents is 2. The van der Waals surface area contributed by atoms with Crippen LogP contribution in [-0.4, -0.2) is 39.2 Å². The number of hydrogen-bond acceptors (Lipinski definition) is 6. The van der Waals surface area contributed by atoms with Crippen molar-refractivity contribution in [3.8, 4) is 23.6 Å². The van der Waals surface area contributed by atoms with E-state index in [1.54, 1.807) is 13.8 Å². The third kappa shape index (κ3) is 3.16. The molecule has 0 heterocycles. The topological polar surface area (TPSA) is 129 Å². The number of nitrogens with zero attached hydrogens (tertiary/aromatic N) is 3. The van der Waals surface area contributed by atoms with Gasteiger partial charge in [-0.05, 0) is 19.9 Å². The number of carbonyl (C=O) groups is 1. The molecule has 23 heavy (non-hydrogen) atoms. The lowest BCUT2D eigenvalue weighted by Crippen LogP contribution is -2.32. The molecule has 7 nitrogen and oxygen atoms in total. The summed E-state index contributed by atoms with van der Waals surface area (Å²) in [6.07, 6.45) is 0. The van der Waals surface area contributed by atoms with E-state index < -0.39 is 45.7 Å².